The molecule has 23 heavy (non-hydrogen) atoms. The van der Waals surface area contributed by atoms with Gasteiger partial charge in [0.05, 0.1) is 0 Å². The molecule has 1 fully saturated rings. The molecule has 0 saturated carbocycles. The van der Waals surface area contributed by atoms with Crippen LogP contribution in [0, 0.1) is 5.82 Å². The average molecular weight is 318 g/mol. The van der Waals surface area contributed by atoms with Gasteiger partial charge in [-0.3, -0.25) is 0 Å². The zero-order valence-corrected chi connectivity index (χ0v) is 13.2. The molecule has 1 unspecified atom stereocenters. The fourth-order valence-electron chi connectivity index (χ4n) is 3.03. The third-order valence-electron chi connectivity index (χ3n) is 4.08. The maximum absolute atomic E-state index is 13.1. The standard InChI is InChI=1S/C16H23FN6/c1-11-10-23(7-6-20-11)14-9-16(19,22-15(18)21-14)8-12-2-4-13(17)5-3-12/h2-5,9,11,20H,6-8,10,19H2,1H3,(H3,18,21,22)/t11-,16?/m1/s1. The van der Waals surface area contributed by atoms with Gasteiger partial charge < -0.3 is 27.0 Å². The first-order valence-electron chi connectivity index (χ1n) is 7.80. The van der Waals surface area contributed by atoms with Crippen LogP contribution in [0.5, 0.6) is 0 Å². The predicted octanol–water partition coefficient (Wildman–Crippen LogP) is 0.0762. The van der Waals surface area contributed by atoms with Gasteiger partial charge in [-0.05, 0) is 30.7 Å². The third-order valence-corrected chi connectivity index (χ3v) is 4.08. The number of hydrogen-bond donors (Lipinski definition) is 4. The summed E-state index contributed by atoms with van der Waals surface area (Å²) in [5.74, 6) is 0.924. The van der Waals surface area contributed by atoms with Crippen molar-refractivity contribution in [3.05, 3.63) is 47.5 Å². The third kappa shape index (κ3) is 3.80. The number of hydrogen-bond acceptors (Lipinski definition) is 6. The Morgan fingerprint density at radius 1 is 1.39 bits per heavy atom. The number of benzene rings is 1. The summed E-state index contributed by atoms with van der Waals surface area (Å²) in [6.45, 7) is 4.80. The number of guanidine groups is 1. The molecule has 6 nitrogen and oxygen atoms in total. The Morgan fingerprint density at radius 3 is 2.83 bits per heavy atom. The quantitative estimate of drug-likeness (QED) is 0.633. The minimum Gasteiger partial charge on any atom is -0.370 e. The van der Waals surface area contributed by atoms with Crippen molar-refractivity contribution in [3.63, 3.8) is 0 Å². The van der Waals surface area contributed by atoms with Crippen LogP contribution in [0.2, 0.25) is 0 Å². The van der Waals surface area contributed by atoms with Crippen LogP contribution in [0.15, 0.2) is 41.2 Å². The summed E-state index contributed by atoms with van der Waals surface area (Å²) in [6.07, 6.45) is 2.37. The zero-order valence-electron chi connectivity index (χ0n) is 13.2. The van der Waals surface area contributed by atoms with Gasteiger partial charge in [0.25, 0.3) is 0 Å². The van der Waals surface area contributed by atoms with E-state index in [-0.39, 0.29) is 5.82 Å². The van der Waals surface area contributed by atoms with Crippen molar-refractivity contribution in [1.29, 1.82) is 0 Å². The van der Waals surface area contributed by atoms with Gasteiger partial charge >= 0.3 is 0 Å². The Morgan fingerprint density at radius 2 is 2.13 bits per heavy atom. The van der Waals surface area contributed by atoms with E-state index < -0.39 is 5.66 Å². The van der Waals surface area contributed by atoms with Crippen molar-refractivity contribution in [3.8, 4) is 0 Å². The van der Waals surface area contributed by atoms with Crippen LogP contribution < -0.4 is 22.1 Å². The Labute approximate surface area is 135 Å². The largest absolute Gasteiger partial charge is 0.370 e. The second-order valence-electron chi connectivity index (χ2n) is 6.25. The molecule has 0 amide bonds. The van der Waals surface area contributed by atoms with E-state index in [1.807, 2.05) is 6.08 Å². The Hall–Kier alpha value is -2.12. The number of rotatable bonds is 3. The molecule has 0 aromatic heterocycles. The normalized spacial score (nSPS) is 28.0. The molecule has 0 aliphatic carbocycles. The summed E-state index contributed by atoms with van der Waals surface area (Å²) < 4.78 is 13.1. The van der Waals surface area contributed by atoms with Gasteiger partial charge in [0.2, 0.25) is 0 Å². The maximum Gasteiger partial charge on any atom is 0.196 e. The lowest BCUT2D eigenvalue weighted by atomic mass is 9.99. The summed E-state index contributed by atoms with van der Waals surface area (Å²) >= 11 is 0. The first kappa shape index (κ1) is 15.8. The minimum atomic E-state index is -0.934. The number of nitrogens with one attached hydrogen (secondary N) is 2. The molecule has 2 heterocycles. The molecule has 2 atom stereocenters. The van der Waals surface area contributed by atoms with Gasteiger partial charge in [0.15, 0.2) is 5.96 Å². The average Bonchev–Trinajstić information content (AvgIpc) is 2.48. The van der Waals surface area contributed by atoms with E-state index >= 15 is 0 Å². The molecule has 0 spiro atoms. The highest BCUT2D eigenvalue weighted by atomic mass is 19.1. The van der Waals surface area contributed by atoms with Gasteiger partial charge in [-0.2, -0.15) is 0 Å². The first-order valence-corrected chi connectivity index (χ1v) is 7.80. The van der Waals surface area contributed by atoms with Gasteiger partial charge in [-0.25, -0.2) is 9.38 Å². The molecule has 1 aromatic rings. The van der Waals surface area contributed by atoms with E-state index in [1.54, 1.807) is 12.1 Å². The molecule has 0 bridgehead atoms. The highest BCUT2D eigenvalue weighted by Gasteiger charge is 2.30. The highest BCUT2D eigenvalue weighted by molar-refractivity contribution is 5.81. The summed E-state index contributed by atoms with van der Waals surface area (Å²) in [5, 5.41) is 6.51. The zero-order chi connectivity index (χ0) is 16.4. The molecule has 6 N–H and O–H groups in total. The topological polar surface area (TPSA) is 91.7 Å². The minimum absolute atomic E-state index is 0.265. The van der Waals surface area contributed by atoms with Gasteiger partial charge in [-0.15, -0.1) is 0 Å². The monoisotopic (exact) mass is 318 g/mol. The van der Waals surface area contributed by atoms with Crippen molar-refractivity contribution in [2.45, 2.75) is 25.0 Å². The van der Waals surface area contributed by atoms with E-state index in [9.17, 15) is 4.39 Å². The molecular formula is C16H23FN6. The summed E-state index contributed by atoms with van der Waals surface area (Å²) in [5.41, 5.74) is 12.3. The summed E-state index contributed by atoms with van der Waals surface area (Å²) in [4.78, 5) is 6.56. The molecule has 2 aliphatic heterocycles. The summed E-state index contributed by atoms with van der Waals surface area (Å²) in [6, 6.07) is 6.69. The Kier molecular flexibility index (Phi) is 4.23. The number of nitrogens with two attached hydrogens (primary N) is 2. The molecule has 7 heteroatoms. The smallest absolute Gasteiger partial charge is 0.196 e. The fraction of sp³-hybridized carbons (Fsp3) is 0.438. The summed E-state index contributed by atoms with van der Waals surface area (Å²) in [7, 11) is 0. The second-order valence-corrected chi connectivity index (χ2v) is 6.25. The molecule has 3 rings (SSSR count). The van der Waals surface area contributed by atoms with Crippen molar-refractivity contribution >= 4 is 5.96 Å². The van der Waals surface area contributed by atoms with E-state index in [1.165, 1.54) is 12.1 Å². The number of halogens is 1. The Bertz CT molecular complexity index is 626. The fourth-order valence-corrected chi connectivity index (χ4v) is 3.03. The van der Waals surface area contributed by atoms with E-state index in [0.29, 0.717) is 18.4 Å². The van der Waals surface area contributed by atoms with Crippen LogP contribution in [-0.4, -0.2) is 42.2 Å². The second kappa shape index (κ2) is 6.17. The van der Waals surface area contributed by atoms with E-state index in [4.69, 9.17) is 11.5 Å². The lowest BCUT2D eigenvalue weighted by Crippen LogP contribution is -2.55. The molecule has 0 radical (unpaired) electrons. The molecular weight excluding hydrogens is 295 g/mol. The van der Waals surface area contributed by atoms with E-state index in [2.05, 4.69) is 27.4 Å². The number of nitrogens with zero attached hydrogens (tertiary/aromatic N) is 2. The SMILES string of the molecule is C[C@@H]1CN(C2=CC(N)(Cc3ccc(F)cc3)N=C(N)N2)CCN1. The van der Waals surface area contributed by atoms with Crippen LogP contribution in [-0.2, 0) is 6.42 Å². The number of piperazine rings is 1. The van der Waals surface area contributed by atoms with Crippen molar-refractivity contribution in [2.24, 2.45) is 16.5 Å². The van der Waals surface area contributed by atoms with Crippen LogP contribution in [0.3, 0.4) is 0 Å². The van der Waals surface area contributed by atoms with Gasteiger partial charge in [-0.1, -0.05) is 12.1 Å². The van der Waals surface area contributed by atoms with Crippen molar-refractivity contribution in [2.75, 3.05) is 19.6 Å². The molecule has 2 aliphatic rings. The van der Waals surface area contributed by atoms with E-state index in [0.717, 1.165) is 31.0 Å². The van der Waals surface area contributed by atoms with Crippen molar-refractivity contribution in [1.82, 2.24) is 15.5 Å². The van der Waals surface area contributed by atoms with Crippen LogP contribution in [0.4, 0.5) is 4.39 Å². The first-order chi connectivity index (χ1) is 10.9. The maximum atomic E-state index is 13.1. The van der Waals surface area contributed by atoms with Crippen molar-refractivity contribution < 1.29 is 4.39 Å². The van der Waals surface area contributed by atoms with Gasteiger partial charge in [0.1, 0.15) is 17.3 Å². The molecule has 124 valence electrons. The lowest BCUT2D eigenvalue weighted by molar-refractivity contribution is 0.243. The Balaban J connectivity index is 1.81. The van der Waals surface area contributed by atoms with Gasteiger partial charge in [0, 0.05) is 32.1 Å². The number of aliphatic imine (C=N–C) groups is 1. The van der Waals surface area contributed by atoms with Crippen LogP contribution in [0.25, 0.3) is 0 Å². The molecule has 1 aromatic carbocycles. The van der Waals surface area contributed by atoms with Crippen LogP contribution >= 0.6 is 0 Å². The highest BCUT2D eigenvalue weighted by Crippen LogP contribution is 2.21. The lowest BCUT2D eigenvalue weighted by Gasteiger charge is -2.38. The predicted molar refractivity (Wildman–Crippen MR) is 88.9 cm³/mol. The van der Waals surface area contributed by atoms with Crippen LogP contribution in [0.1, 0.15) is 12.5 Å². The molecule has 1 saturated heterocycles.